The topological polar surface area (TPSA) is 75.3 Å². The van der Waals surface area contributed by atoms with Crippen LogP contribution in [-0.2, 0) is 6.54 Å². The van der Waals surface area contributed by atoms with Gasteiger partial charge in [0.15, 0.2) is 0 Å². The van der Waals surface area contributed by atoms with E-state index in [1.165, 1.54) is 12.8 Å². The third-order valence-electron chi connectivity index (χ3n) is 3.91. The molecule has 0 bridgehead atoms. The molecule has 1 aliphatic heterocycles. The van der Waals surface area contributed by atoms with Gasteiger partial charge in [-0.1, -0.05) is 0 Å². The fraction of sp³-hybridized carbons (Fsp3) is 0.571. The second kappa shape index (κ2) is 6.03. The zero-order valence-electron chi connectivity index (χ0n) is 11.5. The summed E-state index contributed by atoms with van der Waals surface area (Å²) in [5.41, 5.74) is 5.99. The van der Waals surface area contributed by atoms with Gasteiger partial charge < -0.3 is 10.8 Å². The van der Waals surface area contributed by atoms with E-state index < -0.39 is 0 Å². The van der Waals surface area contributed by atoms with Crippen molar-refractivity contribution in [1.29, 1.82) is 0 Å². The van der Waals surface area contributed by atoms with Crippen molar-refractivity contribution in [3.05, 3.63) is 17.3 Å². The summed E-state index contributed by atoms with van der Waals surface area (Å²) in [6, 6.07) is 1.97. The van der Waals surface area contributed by atoms with Gasteiger partial charge in [-0.2, -0.15) is 0 Å². The fourth-order valence-corrected chi connectivity index (χ4v) is 3.70. The summed E-state index contributed by atoms with van der Waals surface area (Å²) in [7, 11) is 0. The Bertz CT molecular complexity index is 584. The predicted octanol–water partition coefficient (Wildman–Crippen LogP) is 1.87. The maximum Gasteiger partial charge on any atom is 0.146 e. The molecule has 1 aliphatic rings. The Morgan fingerprint density at radius 1 is 1.45 bits per heavy atom. The number of anilines is 1. The standard InChI is InChI=1S/C14H20N4OS/c15-13-11-4-7-20-14(11)17-12(16-13)9-18-5-1-2-10(8-18)3-6-19/h4,7,10,19H,1-3,5-6,8-9H2,(H2,15,16,17). The van der Waals surface area contributed by atoms with Crippen LogP contribution < -0.4 is 5.73 Å². The average Bonchev–Trinajstić information content (AvgIpc) is 2.88. The van der Waals surface area contributed by atoms with Crippen molar-refractivity contribution in [2.24, 2.45) is 5.92 Å². The van der Waals surface area contributed by atoms with E-state index in [0.29, 0.717) is 11.7 Å². The first-order valence-electron chi connectivity index (χ1n) is 7.09. The van der Waals surface area contributed by atoms with Crippen LogP contribution in [0, 0.1) is 5.92 Å². The number of thiophene rings is 1. The molecule has 6 heteroatoms. The van der Waals surface area contributed by atoms with Gasteiger partial charge in [-0.05, 0) is 43.2 Å². The Hall–Kier alpha value is -1.24. The van der Waals surface area contributed by atoms with Gasteiger partial charge in [0.1, 0.15) is 16.5 Å². The number of rotatable bonds is 4. The van der Waals surface area contributed by atoms with E-state index in [1.807, 2.05) is 11.4 Å². The van der Waals surface area contributed by atoms with Crippen LogP contribution in [0.5, 0.6) is 0 Å². The monoisotopic (exact) mass is 292 g/mol. The number of fused-ring (bicyclic) bond motifs is 1. The van der Waals surface area contributed by atoms with Gasteiger partial charge in [-0.15, -0.1) is 11.3 Å². The van der Waals surface area contributed by atoms with Crippen molar-refractivity contribution in [2.75, 3.05) is 25.4 Å². The predicted molar refractivity (Wildman–Crippen MR) is 81.5 cm³/mol. The molecule has 0 amide bonds. The van der Waals surface area contributed by atoms with Gasteiger partial charge in [0.2, 0.25) is 0 Å². The molecule has 108 valence electrons. The summed E-state index contributed by atoms with van der Waals surface area (Å²) in [5.74, 6) is 1.98. The molecule has 1 unspecified atom stereocenters. The number of aliphatic hydroxyl groups excluding tert-OH is 1. The molecule has 3 N–H and O–H groups in total. The van der Waals surface area contributed by atoms with Crippen molar-refractivity contribution in [2.45, 2.75) is 25.8 Å². The fourth-order valence-electron chi connectivity index (χ4n) is 2.91. The number of hydrogen-bond acceptors (Lipinski definition) is 6. The largest absolute Gasteiger partial charge is 0.396 e. The lowest BCUT2D eigenvalue weighted by molar-refractivity contribution is 0.140. The van der Waals surface area contributed by atoms with Crippen molar-refractivity contribution in [3.63, 3.8) is 0 Å². The van der Waals surface area contributed by atoms with Gasteiger partial charge in [-0.3, -0.25) is 4.90 Å². The molecular formula is C14H20N4OS. The van der Waals surface area contributed by atoms with E-state index >= 15 is 0 Å². The number of aliphatic hydroxyl groups is 1. The third-order valence-corrected chi connectivity index (χ3v) is 4.71. The van der Waals surface area contributed by atoms with Crippen molar-refractivity contribution >= 4 is 27.4 Å². The third kappa shape index (κ3) is 2.92. The van der Waals surface area contributed by atoms with E-state index in [-0.39, 0.29) is 6.61 Å². The van der Waals surface area contributed by atoms with E-state index in [1.54, 1.807) is 11.3 Å². The van der Waals surface area contributed by atoms with Crippen LogP contribution in [-0.4, -0.2) is 39.7 Å². The molecule has 2 aromatic rings. The van der Waals surface area contributed by atoms with Crippen molar-refractivity contribution in [1.82, 2.24) is 14.9 Å². The second-order valence-electron chi connectivity index (χ2n) is 5.42. The zero-order chi connectivity index (χ0) is 13.9. The van der Waals surface area contributed by atoms with Crippen LogP contribution in [0.3, 0.4) is 0 Å². The lowest BCUT2D eigenvalue weighted by Crippen LogP contribution is -2.35. The first-order valence-corrected chi connectivity index (χ1v) is 7.97. The minimum Gasteiger partial charge on any atom is -0.396 e. The molecule has 2 aromatic heterocycles. The summed E-state index contributed by atoms with van der Waals surface area (Å²) >= 11 is 1.60. The number of nitrogen functional groups attached to an aromatic ring is 1. The molecule has 0 aliphatic carbocycles. The molecular weight excluding hydrogens is 272 g/mol. The number of hydrogen-bond donors (Lipinski definition) is 2. The highest BCUT2D eigenvalue weighted by atomic mass is 32.1. The number of nitrogens with zero attached hydrogens (tertiary/aromatic N) is 3. The van der Waals surface area contributed by atoms with Crippen LogP contribution in [0.25, 0.3) is 10.2 Å². The average molecular weight is 292 g/mol. The minimum absolute atomic E-state index is 0.281. The van der Waals surface area contributed by atoms with E-state index in [4.69, 9.17) is 10.8 Å². The van der Waals surface area contributed by atoms with Crippen LogP contribution in [0.1, 0.15) is 25.1 Å². The number of aromatic nitrogens is 2. The Morgan fingerprint density at radius 2 is 2.35 bits per heavy atom. The van der Waals surface area contributed by atoms with Crippen molar-refractivity contribution in [3.8, 4) is 0 Å². The second-order valence-corrected chi connectivity index (χ2v) is 6.31. The molecule has 1 atom stereocenters. The molecule has 20 heavy (non-hydrogen) atoms. The first-order chi connectivity index (χ1) is 9.76. The van der Waals surface area contributed by atoms with E-state index in [9.17, 15) is 0 Å². The highest BCUT2D eigenvalue weighted by Crippen LogP contribution is 2.24. The summed E-state index contributed by atoms with van der Waals surface area (Å²) in [4.78, 5) is 12.4. The van der Waals surface area contributed by atoms with E-state index in [2.05, 4.69) is 14.9 Å². The molecule has 0 saturated carbocycles. The Balaban J connectivity index is 1.72. The van der Waals surface area contributed by atoms with Crippen molar-refractivity contribution < 1.29 is 5.11 Å². The van der Waals surface area contributed by atoms with Gasteiger partial charge in [0.25, 0.3) is 0 Å². The molecule has 5 nitrogen and oxygen atoms in total. The Kier molecular flexibility index (Phi) is 4.14. The molecule has 0 spiro atoms. The Labute approximate surface area is 122 Å². The van der Waals surface area contributed by atoms with Gasteiger partial charge in [0, 0.05) is 13.2 Å². The summed E-state index contributed by atoms with van der Waals surface area (Å²) in [5, 5.41) is 12.0. The number of nitrogens with two attached hydrogens (primary N) is 1. The molecule has 3 heterocycles. The smallest absolute Gasteiger partial charge is 0.146 e. The highest BCUT2D eigenvalue weighted by Gasteiger charge is 2.20. The normalized spacial score (nSPS) is 20.6. The summed E-state index contributed by atoms with van der Waals surface area (Å²) in [6.07, 6.45) is 3.29. The lowest BCUT2D eigenvalue weighted by Gasteiger charge is -2.31. The summed E-state index contributed by atoms with van der Waals surface area (Å²) in [6.45, 7) is 3.13. The quantitative estimate of drug-likeness (QED) is 0.899. The van der Waals surface area contributed by atoms with Crippen LogP contribution in [0.15, 0.2) is 11.4 Å². The van der Waals surface area contributed by atoms with Gasteiger partial charge in [-0.25, -0.2) is 9.97 Å². The number of piperidine rings is 1. The van der Waals surface area contributed by atoms with Gasteiger partial charge in [0.05, 0.1) is 11.9 Å². The van der Waals surface area contributed by atoms with E-state index in [0.717, 1.165) is 42.1 Å². The molecule has 1 fully saturated rings. The maximum atomic E-state index is 9.07. The van der Waals surface area contributed by atoms with Crippen LogP contribution in [0.2, 0.25) is 0 Å². The molecule has 0 radical (unpaired) electrons. The molecule has 0 aromatic carbocycles. The van der Waals surface area contributed by atoms with Crippen LogP contribution >= 0.6 is 11.3 Å². The SMILES string of the molecule is Nc1nc(CN2CCCC(CCO)C2)nc2sccc12. The maximum absolute atomic E-state index is 9.07. The summed E-state index contributed by atoms with van der Waals surface area (Å²) < 4.78 is 0. The Morgan fingerprint density at radius 3 is 3.20 bits per heavy atom. The first kappa shape index (κ1) is 13.7. The van der Waals surface area contributed by atoms with Crippen LogP contribution in [0.4, 0.5) is 5.82 Å². The molecule has 3 rings (SSSR count). The van der Waals surface area contributed by atoms with Gasteiger partial charge >= 0.3 is 0 Å². The number of likely N-dealkylation sites (tertiary alicyclic amines) is 1. The highest BCUT2D eigenvalue weighted by molar-refractivity contribution is 7.16. The minimum atomic E-state index is 0.281. The zero-order valence-corrected chi connectivity index (χ0v) is 12.3. The lowest BCUT2D eigenvalue weighted by atomic mass is 9.95. The molecule has 1 saturated heterocycles.